The first-order valence-corrected chi connectivity index (χ1v) is 9.66. The molecular formula is C17H34OS. The van der Waals surface area contributed by atoms with Gasteiger partial charge in [0, 0.05) is 5.75 Å². The Bertz CT molecular complexity index is 190. The fraction of sp³-hybridized carbons (Fsp3) is 1.00. The van der Waals surface area contributed by atoms with Crippen molar-refractivity contribution in [2.75, 3.05) is 12.4 Å². The van der Waals surface area contributed by atoms with E-state index < -0.39 is 0 Å². The van der Waals surface area contributed by atoms with Crippen LogP contribution < -0.4 is 0 Å². The first-order chi connectivity index (χ1) is 9.38. The molecule has 2 unspecified atom stereocenters. The van der Waals surface area contributed by atoms with Crippen molar-refractivity contribution in [2.24, 2.45) is 5.92 Å². The van der Waals surface area contributed by atoms with Gasteiger partial charge in [0.1, 0.15) is 5.44 Å². The van der Waals surface area contributed by atoms with Crippen LogP contribution in [0.1, 0.15) is 84.5 Å². The van der Waals surface area contributed by atoms with Gasteiger partial charge in [-0.25, -0.2) is 0 Å². The summed E-state index contributed by atoms with van der Waals surface area (Å²) in [5.41, 5.74) is 0.521. The van der Waals surface area contributed by atoms with Gasteiger partial charge in [0.25, 0.3) is 0 Å². The smallest absolute Gasteiger partial charge is 0.106 e. The minimum absolute atomic E-state index is 0.521. The summed E-state index contributed by atoms with van der Waals surface area (Å²) in [6.45, 7) is 5.57. The molecule has 1 heterocycles. The van der Waals surface area contributed by atoms with Crippen LogP contribution in [0.4, 0.5) is 0 Å². The van der Waals surface area contributed by atoms with E-state index in [1.165, 1.54) is 76.4 Å². The molecule has 19 heavy (non-hydrogen) atoms. The Morgan fingerprint density at radius 3 is 2.00 bits per heavy atom. The van der Waals surface area contributed by atoms with Crippen LogP contribution in [0.25, 0.3) is 0 Å². The van der Waals surface area contributed by atoms with Crippen LogP contribution in [0.5, 0.6) is 0 Å². The maximum absolute atomic E-state index is 5.91. The van der Waals surface area contributed by atoms with Gasteiger partial charge in [-0.1, -0.05) is 71.6 Å². The molecule has 2 atom stereocenters. The first-order valence-electron chi connectivity index (χ1n) is 8.61. The molecule has 2 heteroatoms. The van der Waals surface area contributed by atoms with Crippen LogP contribution in [0.2, 0.25) is 0 Å². The molecular weight excluding hydrogens is 252 g/mol. The molecule has 0 aromatic heterocycles. The minimum atomic E-state index is 0.521. The Kier molecular flexibility index (Phi) is 11.0. The van der Waals surface area contributed by atoms with E-state index in [0.717, 1.165) is 12.5 Å². The highest BCUT2D eigenvalue weighted by Gasteiger charge is 2.25. The topological polar surface area (TPSA) is 9.23 Å². The third-order valence-corrected chi connectivity index (χ3v) is 5.39. The summed E-state index contributed by atoms with van der Waals surface area (Å²) < 4.78 is 5.91. The number of ether oxygens (including phenoxy) is 1. The van der Waals surface area contributed by atoms with E-state index in [1.807, 2.05) is 0 Å². The number of hydrogen-bond donors (Lipinski definition) is 0. The molecule has 0 radical (unpaired) electrons. The number of unbranched alkanes of at least 4 members (excludes halogenated alkanes) is 7. The molecule has 1 fully saturated rings. The SMILES string of the molecule is CCCCCCCC(CCCCCC)C1OCCS1. The highest BCUT2D eigenvalue weighted by atomic mass is 32.2. The van der Waals surface area contributed by atoms with Crippen LogP contribution in [-0.4, -0.2) is 17.8 Å². The van der Waals surface area contributed by atoms with Crippen molar-refractivity contribution in [1.82, 2.24) is 0 Å². The lowest BCUT2D eigenvalue weighted by Gasteiger charge is -2.22. The maximum atomic E-state index is 5.91. The summed E-state index contributed by atoms with van der Waals surface area (Å²) in [7, 11) is 0. The summed E-state index contributed by atoms with van der Waals surface area (Å²) in [6, 6.07) is 0. The van der Waals surface area contributed by atoms with Crippen LogP contribution >= 0.6 is 11.8 Å². The van der Waals surface area contributed by atoms with Gasteiger partial charge in [0.05, 0.1) is 6.61 Å². The standard InChI is InChI=1S/C17H34OS/c1-3-5-7-9-11-13-16(12-10-8-6-4-2)17-18-14-15-19-17/h16-17H,3-15H2,1-2H3. The van der Waals surface area contributed by atoms with E-state index in [2.05, 4.69) is 25.6 Å². The van der Waals surface area contributed by atoms with Crippen LogP contribution in [0.15, 0.2) is 0 Å². The van der Waals surface area contributed by atoms with E-state index in [9.17, 15) is 0 Å². The largest absolute Gasteiger partial charge is 0.366 e. The minimum Gasteiger partial charge on any atom is -0.366 e. The Morgan fingerprint density at radius 2 is 1.47 bits per heavy atom. The second kappa shape index (κ2) is 12.1. The summed E-state index contributed by atoms with van der Waals surface area (Å²) in [5, 5.41) is 0. The van der Waals surface area contributed by atoms with E-state index in [0.29, 0.717) is 5.44 Å². The van der Waals surface area contributed by atoms with E-state index in [1.54, 1.807) is 0 Å². The van der Waals surface area contributed by atoms with Crippen LogP contribution in [-0.2, 0) is 4.74 Å². The zero-order valence-corrected chi connectivity index (χ0v) is 14.0. The molecule has 1 aliphatic heterocycles. The highest BCUT2D eigenvalue weighted by molar-refractivity contribution is 8.00. The van der Waals surface area contributed by atoms with Crippen molar-refractivity contribution in [3.8, 4) is 0 Å². The zero-order chi connectivity index (χ0) is 13.8. The molecule has 1 rings (SSSR count). The van der Waals surface area contributed by atoms with E-state index in [4.69, 9.17) is 4.74 Å². The van der Waals surface area contributed by atoms with Crippen LogP contribution in [0.3, 0.4) is 0 Å². The zero-order valence-electron chi connectivity index (χ0n) is 13.2. The van der Waals surface area contributed by atoms with Gasteiger partial charge in [0.2, 0.25) is 0 Å². The quantitative estimate of drug-likeness (QED) is 0.405. The number of hydrogen-bond acceptors (Lipinski definition) is 2. The van der Waals surface area contributed by atoms with Gasteiger partial charge in [-0.2, -0.15) is 0 Å². The lowest BCUT2D eigenvalue weighted by atomic mass is 9.95. The summed E-state index contributed by atoms with van der Waals surface area (Å²) in [4.78, 5) is 0. The molecule has 114 valence electrons. The Labute approximate surface area is 125 Å². The Balaban J connectivity index is 2.16. The predicted octanol–water partition coefficient (Wildman–Crippen LogP) is 6.02. The predicted molar refractivity (Wildman–Crippen MR) is 87.8 cm³/mol. The maximum Gasteiger partial charge on any atom is 0.106 e. The van der Waals surface area contributed by atoms with Gasteiger partial charge in [-0.3, -0.25) is 0 Å². The second-order valence-corrected chi connectivity index (χ2v) is 7.13. The molecule has 0 saturated carbocycles. The Morgan fingerprint density at radius 1 is 0.895 bits per heavy atom. The normalized spacial score (nSPS) is 20.8. The average molecular weight is 287 g/mol. The molecule has 0 aliphatic carbocycles. The van der Waals surface area contributed by atoms with Crippen molar-refractivity contribution < 1.29 is 4.74 Å². The van der Waals surface area contributed by atoms with Gasteiger partial charge in [0.15, 0.2) is 0 Å². The Hall–Kier alpha value is 0.310. The average Bonchev–Trinajstić information content (AvgIpc) is 2.95. The second-order valence-electron chi connectivity index (χ2n) is 5.92. The molecule has 1 nitrogen and oxygen atoms in total. The monoisotopic (exact) mass is 286 g/mol. The third-order valence-electron chi connectivity index (χ3n) is 4.14. The fourth-order valence-electron chi connectivity index (χ4n) is 2.91. The van der Waals surface area contributed by atoms with Gasteiger partial charge >= 0.3 is 0 Å². The van der Waals surface area contributed by atoms with Gasteiger partial charge < -0.3 is 4.74 Å². The highest BCUT2D eigenvalue weighted by Crippen LogP contribution is 2.33. The molecule has 0 aromatic rings. The lowest BCUT2D eigenvalue weighted by Crippen LogP contribution is -2.17. The molecule has 1 saturated heterocycles. The van der Waals surface area contributed by atoms with E-state index in [-0.39, 0.29) is 0 Å². The molecule has 0 aromatic carbocycles. The summed E-state index contributed by atoms with van der Waals surface area (Å²) in [6.07, 6.45) is 15.4. The number of rotatable bonds is 12. The van der Waals surface area contributed by atoms with Gasteiger partial charge in [-0.15, -0.1) is 11.8 Å². The van der Waals surface area contributed by atoms with Gasteiger partial charge in [-0.05, 0) is 18.8 Å². The van der Waals surface area contributed by atoms with Crippen molar-refractivity contribution >= 4 is 11.8 Å². The van der Waals surface area contributed by atoms with Crippen molar-refractivity contribution in [3.63, 3.8) is 0 Å². The molecule has 1 aliphatic rings. The first kappa shape index (κ1) is 17.4. The van der Waals surface area contributed by atoms with Crippen molar-refractivity contribution in [1.29, 1.82) is 0 Å². The summed E-state index contributed by atoms with van der Waals surface area (Å²) >= 11 is 2.06. The molecule has 0 N–H and O–H groups in total. The van der Waals surface area contributed by atoms with E-state index >= 15 is 0 Å². The lowest BCUT2D eigenvalue weighted by molar-refractivity contribution is 0.0902. The molecule has 0 spiro atoms. The van der Waals surface area contributed by atoms with Crippen LogP contribution in [0, 0.1) is 5.92 Å². The molecule has 0 amide bonds. The van der Waals surface area contributed by atoms with Crippen molar-refractivity contribution in [2.45, 2.75) is 89.9 Å². The fourth-order valence-corrected chi connectivity index (χ4v) is 4.07. The van der Waals surface area contributed by atoms with Crippen molar-refractivity contribution in [3.05, 3.63) is 0 Å². The number of thioether (sulfide) groups is 1. The summed E-state index contributed by atoms with van der Waals surface area (Å²) in [5.74, 6) is 2.04. The third kappa shape index (κ3) is 8.24. The molecule has 0 bridgehead atoms.